The standard InChI is InChI=1S/C26H30N2O7S/c1-5-35-21-12-14-22(15-13-21)36(30,31)28(20-9-7-6-8-10-20)18-24(29)27-17-19-11-16-23(32-2)26(34-4)25(19)33-3/h6-16H,5,17-18H2,1-4H3,(H,27,29). The zero-order chi connectivity index (χ0) is 26.1. The van der Waals surface area contributed by atoms with Crippen molar-refractivity contribution in [2.24, 2.45) is 0 Å². The first-order chi connectivity index (χ1) is 17.3. The number of nitrogens with zero attached hydrogens (tertiary/aromatic N) is 1. The average Bonchev–Trinajstić information content (AvgIpc) is 2.90. The normalized spacial score (nSPS) is 10.9. The maximum absolute atomic E-state index is 13.5. The summed E-state index contributed by atoms with van der Waals surface area (Å²) < 4.78 is 49.7. The van der Waals surface area contributed by atoms with Crippen molar-refractivity contribution in [3.05, 3.63) is 72.3 Å². The summed E-state index contributed by atoms with van der Waals surface area (Å²) in [4.78, 5) is 13.0. The number of sulfonamides is 1. The number of carbonyl (C=O) groups excluding carboxylic acids is 1. The van der Waals surface area contributed by atoms with Gasteiger partial charge in [-0.05, 0) is 55.5 Å². The van der Waals surface area contributed by atoms with E-state index in [1.165, 1.54) is 33.5 Å². The van der Waals surface area contributed by atoms with Crippen molar-refractivity contribution in [3.8, 4) is 23.0 Å². The van der Waals surface area contributed by atoms with E-state index in [0.717, 1.165) is 4.31 Å². The van der Waals surface area contributed by atoms with Crippen molar-refractivity contribution in [2.75, 3.05) is 38.8 Å². The lowest BCUT2D eigenvalue weighted by Crippen LogP contribution is -2.40. The predicted octanol–water partition coefficient (Wildman–Crippen LogP) is 3.62. The Morgan fingerprint density at radius 3 is 2.11 bits per heavy atom. The van der Waals surface area contributed by atoms with E-state index in [2.05, 4.69) is 5.32 Å². The van der Waals surface area contributed by atoms with E-state index in [1.807, 2.05) is 6.92 Å². The summed E-state index contributed by atoms with van der Waals surface area (Å²) in [6, 6.07) is 18.0. The molecule has 9 nitrogen and oxygen atoms in total. The van der Waals surface area contributed by atoms with Crippen molar-refractivity contribution in [3.63, 3.8) is 0 Å². The van der Waals surface area contributed by atoms with Crippen LogP contribution in [0.25, 0.3) is 0 Å². The van der Waals surface area contributed by atoms with Crippen LogP contribution in [0.3, 0.4) is 0 Å². The molecule has 0 aliphatic heterocycles. The first kappa shape index (κ1) is 26.7. The van der Waals surface area contributed by atoms with Gasteiger partial charge in [0, 0.05) is 12.1 Å². The largest absolute Gasteiger partial charge is 0.494 e. The van der Waals surface area contributed by atoms with E-state index in [9.17, 15) is 13.2 Å². The molecular weight excluding hydrogens is 484 g/mol. The van der Waals surface area contributed by atoms with Crippen LogP contribution in [-0.2, 0) is 21.4 Å². The third kappa shape index (κ3) is 6.01. The van der Waals surface area contributed by atoms with Crippen molar-refractivity contribution in [1.82, 2.24) is 5.32 Å². The highest BCUT2D eigenvalue weighted by Gasteiger charge is 2.27. The van der Waals surface area contributed by atoms with Crippen LogP contribution in [0.1, 0.15) is 12.5 Å². The van der Waals surface area contributed by atoms with Crippen molar-refractivity contribution < 1.29 is 32.2 Å². The number of carbonyl (C=O) groups is 1. The fourth-order valence-corrected chi connectivity index (χ4v) is 5.01. The van der Waals surface area contributed by atoms with Gasteiger partial charge in [-0.25, -0.2) is 8.42 Å². The molecule has 192 valence electrons. The molecule has 0 heterocycles. The topological polar surface area (TPSA) is 103 Å². The monoisotopic (exact) mass is 514 g/mol. The Balaban J connectivity index is 1.84. The highest BCUT2D eigenvalue weighted by atomic mass is 32.2. The molecule has 36 heavy (non-hydrogen) atoms. The fraction of sp³-hybridized carbons (Fsp3) is 0.269. The van der Waals surface area contributed by atoms with Crippen LogP contribution in [0.4, 0.5) is 5.69 Å². The number of hydrogen-bond donors (Lipinski definition) is 1. The van der Waals surface area contributed by atoms with Gasteiger partial charge >= 0.3 is 0 Å². The van der Waals surface area contributed by atoms with Gasteiger partial charge in [-0.3, -0.25) is 9.10 Å². The molecule has 0 spiro atoms. The number of benzene rings is 3. The van der Waals surface area contributed by atoms with E-state index in [-0.39, 0.29) is 11.4 Å². The lowest BCUT2D eigenvalue weighted by Gasteiger charge is -2.24. The molecular formula is C26H30N2O7S. The van der Waals surface area contributed by atoms with Gasteiger partial charge in [-0.15, -0.1) is 0 Å². The minimum atomic E-state index is -4.04. The Bertz CT molecular complexity index is 1260. The van der Waals surface area contributed by atoms with Gasteiger partial charge in [0.1, 0.15) is 12.3 Å². The Labute approximate surface area is 211 Å². The Morgan fingerprint density at radius 2 is 1.53 bits per heavy atom. The molecule has 0 aliphatic carbocycles. The summed E-state index contributed by atoms with van der Waals surface area (Å²) in [6.45, 7) is 1.98. The molecule has 0 unspecified atom stereocenters. The smallest absolute Gasteiger partial charge is 0.264 e. The fourth-order valence-electron chi connectivity index (χ4n) is 3.59. The molecule has 3 aromatic carbocycles. The zero-order valence-corrected chi connectivity index (χ0v) is 21.5. The maximum atomic E-state index is 13.5. The zero-order valence-electron chi connectivity index (χ0n) is 20.7. The summed E-state index contributed by atoms with van der Waals surface area (Å²) in [5, 5.41) is 2.77. The summed E-state index contributed by atoms with van der Waals surface area (Å²) in [6.07, 6.45) is 0. The molecule has 0 saturated carbocycles. The second-order valence-electron chi connectivity index (χ2n) is 7.52. The average molecular weight is 515 g/mol. The third-order valence-corrected chi connectivity index (χ3v) is 7.10. The van der Waals surface area contributed by atoms with Gasteiger partial charge in [-0.1, -0.05) is 18.2 Å². The number of para-hydroxylation sites is 1. The van der Waals surface area contributed by atoms with Crippen LogP contribution in [0, 0.1) is 0 Å². The summed E-state index contributed by atoms with van der Waals surface area (Å²) in [7, 11) is 0.457. The molecule has 1 N–H and O–H groups in total. The number of hydrogen-bond acceptors (Lipinski definition) is 7. The lowest BCUT2D eigenvalue weighted by atomic mass is 10.1. The van der Waals surface area contributed by atoms with Crippen LogP contribution >= 0.6 is 0 Å². The number of methoxy groups -OCH3 is 3. The molecule has 3 rings (SSSR count). The SMILES string of the molecule is CCOc1ccc(S(=O)(=O)N(CC(=O)NCc2ccc(OC)c(OC)c2OC)c2ccccc2)cc1. The second-order valence-corrected chi connectivity index (χ2v) is 9.38. The van der Waals surface area contributed by atoms with Crippen molar-refractivity contribution in [1.29, 1.82) is 0 Å². The molecule has 10 heteroatoms. The van der Waals surface area contributed by atoms with E-state index >= 15 is 0 Å². The number of ether oxygens (including phenoxy) is 4. The maximum Gasteiger partial charge on any atom is 0.264 e. The molecule has 0 atom stereocenters. The number of rotatable bonds is 12. The van der Waals surface area contributed by atoms with E-state index in [0.29, 0.717) is 40.9 Å². The predicted molar refractivity (Wildman–Crippen MR) is 137 cm³/mol. The summed E-state index contributed by atoms with van der Waals surface area (Å²) in [5.41, 5.74) is 1.01. The Hall–Kier alpha value is -3.92. The number of amides is 1. The van der Waals surface area contributed by atoms with Crippen LogP contribution in [-0.4, -0.2) is 48.8 Å². The Morgan fingerprint density at radius 1 is 0.861 bits per heavy atom. The quantitative estimate of drug-likeness (QED) is 0.394. The first-order valence-electron chi connectivity index (χ1n) is 11.2. The molecule has 0 aliphatic rings. The van der Waals surface area contributed by atoms with Crippen LogP contribution in [0.5, 0.6) is 23.0 Å². The summed E-state index contributed by atoms with van der Waals surface area (Å²) >= 11 is 0. The van der Waals surface area contributed by atoms with Gasteiger partial charge in [0.05, 0.1) is 38.5 Å². The molecule has 0 bridgehead atoms. The van der Waals surface area contributed by atoms with E-state index < -0.39 is 22.5 Å². The second kappa shape index (κ2) is 12.2. The van der Waals surface area contributed by atoms with Gasteiger partial charge in [0.25, 0.3) is 10.0 Å². The molecule has 0 radical (unpaired) electrons. The molecule has 1 amide bonds. The summed E-state index contributed by atoms with van der Waals surface area (Å²) in [5.74, 6) is 1.37. The first-order valence-corrected chi connectivity index (χ1v) is 12.6. The van der Waals surface area contributed by atoms with Crippen molar-refractivity contribution in [2.45, 2.75) is 18.4 Å². The highest BCUT2D eigenvalue weighted by Crippen LogP contribution is 2.39. The Kier molecular flexibility index (Phi) is 9.02. The van der Waals surface area contributed by atoms with Crippen LogP contribution < -0.4 is 28.6 Å². The van der Waals surface area contributed by atoms with Crippen molar-refractivity contribution >= 4 is 21.6 Å². The van der Waals surface area contributed by atoms with Gasteiger partial charge in [0.2, 0.25) is 11.7 Å². The molecule has 3 aromatic rings. The third-order valence-electron chi connectivity index (χ3n) is 5.32. The van der Waals surface area contributed by atoms with E-state index in [1.54, 1.807) is 54.6 Å². The van der Waals surface area contributed by atoms with Crippen LogP contribution in [0.15, 0.2) is 71.6 Å². The van der Waals surface area contributed by atoms with Crippen LogP contribution in [0.2, 0.25) is 0 Å². The highest BCUT2D eigenvalue weighted by molar-refractivity contribution is 7.92. The molecule has 0 saturated heterocycles. The van der Waals surface area contributed by atoms with Gasteiger partial charge < -0.3 is 24.3 Å². The number of anilines is 1. The van der Waals surface area contributed by atoms with Gasteiger partial charge in [0.15, 0.2) is 11.5 Å². The molecule has 0 fully saturated rings. The lowest BCUT2D eigenvalue weighted by molar-refractivity contribution is -0.119. The van der Waals surface area contributed by atoms with Gasteiger partial charge in [-0.2, -0.15) is 0 Å². The minimum Gasteiger partial charge on any atom is -0.494 e. The minimum absolute atomic E-state index is 0.0455. The molecule has 0 aromatic heterocycles. The number of nitrogens with one attached hydrogen (secondary N) is 1. The van der Waals surface area contributed by atoms with E-state index in [4.69, 9.17) is 18.9 Å².